The summed E-state index contributed by atoms with van der Waals surface area (Å²) in [5.41, 5.74) is -0.0105. The Morgan fingerprint density at radius 2 is 2.11 bits per heavy atom. The summed E-state index contributed by atoms with van der Waals surface area (Å²) in [5, 5.41) is 8.44. The van der Waals surface area contributed by atoms with Gasteiger partial charge in [0.2, 0.25) is 0 Å². The lowest BCUT2D eigenvalue weighted by Gasteiger charge is -2.11. The van der Waals surface area contributed by atoms with Crippen LogP contribution in [0.2, 0.25) is 0 Å². The van der Waals surface area contributed by atoms with E-state index in [1.54, 1.807) is 17.4 Å². The molecule has 0 saturated heterocycles. The third-order valence-electron chi connectivity index (χ3n) is 1.95. The fourth-order valence-electron chi connectivity index (χ4n) is 1.15. The van der Waals surface area contributed by atoms with Crippen molar-refractivity contribution in [2.45, 2.75) is 11.9 Å². The summed E-state index contributed by atoms with van der Waals surface area (Å²) < 4.78 is 39.1. The molecular weight excluding hydrogens is 281 g/mol. The van der Waals surface area contributed by atoms with Crippen LogP contribution in [-0.4, -0.2) is 17.9 Å². The molecule has 7 heteroatoms. The molecule has 98 valence electrons. The zero-order valence-electron chi connectivity index (χ0n) is 9.57. The molecule has 0 amide bonds. The van der Waals surface area contributed by atoms with E-state index in [1.165, 1.54) is 27.8 Å². The standard InChI is InChI=1S/C11H11F3N2S2/c1-16(6-5-15)18-17-8-9-3-2-4-10(7-9)11(12,13)14/h2-4,7H,6,8H2,1H3. The monoisotopic (exact) mass is 292 g/mol. The van der Waals surface area contributed by atoms with Crippen molar-refractivity contribution in [1.29, 1.82) is 5.26 Å². The van der Waals surface area contributed by atoms with E-state index in [4.69, 9.17) is 5.26 Å². The zero-order valence-corrected chi connectivity index (χ0v) is 11.2. The number of rotatable bonds is 5. The van der Waals surface area contributed by atoms with Crippen LogP contribution in [0.3, 0.4) is 0 Å². The average Bonchev–Trinajstić information content (AvgIpc) is 2.29. The number of hydrogen-bond acceptors (Lipinski definition) is 4. The van der Waals surface area contributed by atoms with E-state index in [-0.39, 0.29) is 6.54 Å². The summed E-state index contributed by atoms with van der Waals surface area (Å²) in [6.07, 6.45) is -4.30. The Labute approximate surface area is 112 Å². The Morgan fingerprint density at radius 1 is 1.39 bits per heavy atom. The first-order valence-electron chi connectivity index (χ1n) is 4.97. The van der Waals surface area contributed by atoms with Gasteiger partial charge >= 0.3 is 6.18 Å². The van der Waals surface area contributed by atoms with Gasteiger partial charge in [0.25, 0.3) is 0 Å². The molecule has 0 radical (unpaired) electrons. The number of hydrogen-bond donors (Lipinski definition) is 0. The van der Waals surface area contributed by atoms with E-state index < -0.39 is 11.7 Å². The van der Waals surface area contributed by atoms with Crippen LogP contribution in [-0.2, 0) is 11.9 Å². The summed E-state index contributed by atoms with van der Waals surface area (Å²) in [6, 6.07) is 7.26. The molecule has 2 nitrogen and oxygen atoms in total. The Bertz CT molecular complexity index is 429. The van der Waals surface area contributed by atoms with Crippen LogP contribution in [0.5, 0.6) is 0 Å². The van der Waals surface area contributed by atoms with Crippen molar-refractivity contribution in [2.24, 2.45) is 0 Å². The average molecular weight is 292 g/mol. The topological polar surface area (TPSA) is 27.0 Å². The molecule has 0 saturated carbocycles. The van der Waals surface area contributed by atoms with Gasteiger partial charge in [-0.05, 0) is 29.7 Å². The number of halogens is 3. The molecule has 0 spiro atoms. The van der Waals surface area contributed by atoms with E-state index in [2.05, 4.69) is 0 Å². The minimum Gasteiger partial charge on any atom is -0.230 e. The fourth-order valence-corrected chi connectivity index (χ4v) is 3.07. The normalized spacial score (nSPS) is 11.6. The second-order valence-corrected chi connectivity index (χ2v) is 5.93. The van der Waals surface area contributed by atoms with Gasteiger partial charge in [0.15, 0.2) is 0 Å². The Balaban J connectivity index is 2.51. The maximum Gasteiger partial charge on any atom is 0.416 e. The summed E-state index contributed by atoms with van der Waals surface area (Å²) in [5.74, 6) is 0.463. The van der Waals surface area contributed by atoms with Crippen LogP contribution in [0.1, 0.15) is 11.1 Å². The van der Waals surface area contributed by atoms with E-state index in [9.17, 15) is 13.2 Å². The first kappa shape index (κ1) is 15.2. The van der Waals surface area contributed by atoms with Crippen LogP contribution >= 0.6 is 21.8 Å². The predicted octanol–water partition coefficient (Wildman–Crippen LogP) is 3.96. The van der Waals surface area contributed by atoms with E-state index >= 15 is 0 Å². The maximum absolute atomic E-state index is 12.5. The van der Waals surface area contributed by atoms with Gasteiger partial charge in [-0.3, -0.25) is 0 Å². The molecule has 0 atom stereocenters. The molecule has 0 aromatic heterocycles. The first-order valence-corrected chi connectivity index (χ1v) is 7.25. The molecule has 0 heterocycles. The molecule has 1 rings (SSSR count). The van der Waals surface area contributed by atoms with Crippen molar-refractivity contribution < 1.29 is 13.2 Å². The molecule has 18 heavy (non-hydrogen) atoms. The molecule has 0 aliphatic heterocycles. The van der Waals surface area contributed by atoms with Crippen molar-refractivity contribution in [3.8, 4) is 6.07 Å². The fraction of sp³-hybridized carbons (Fsp3) is 0.364. The zero-order chi connectivity index (χ0) is 13.6. The quantitative estimate of drug-likeness (QED) is 0.466. The second kappa shape index (κ2) is 6.92. The van der Waals surface area contributed by atoms with Crippen LogP contribution in [0.4, 0.5) is 13.2 Å². The predicted molar refractivity (Wildman–Crippen MR) is 68.6 cm³/mol. The summed E-state index contributed by atoms with van der Waals surface area (Å²) >= 11 is 0. The smallest absolute Gasteiger partial charge is 0.230 e. The summed E-state index contributed by atoms with van der Waals surface area (Å²) in [4.78, 5) is 0. The lowest BCUT2D eigenvalue weighted by atomic mass is 10.1. The third kappa shape index (κ3) is 5.21. The first-order chi connectivity index (χ1) is 8.43. The van der Waals surface area contributed by atoms with Crippen molar-refractivity contribution in [3.63, 3.8) is 0 Å². The van der Waals surface area contributed by atoms with Gasteiger partial charge in [0.1, 0.15) is 0 Å². The largest absolute Gasteiger partial charge is 0.416 e. The minimum absolute atomic E-state index is 0.278. The van der Waals surface area contributed by atoms with Crippen molar-refractivity contribution >= 4 is 21.8 Å². The van der Waals surface area contributed by atoms with Gasteiger partial charge in [-0.25, -0.2) is 4.31 Å². The van der Waals surface area contributed by atoms with Gasteiger partial charge in [0, 0.05) is 5.75 Å². The molecule has 1 aromatic carbocycles. The molecule has 0 aliphatic carbocycles. The van der Waals surface area contributed by atoms with E-state index in [0.29, 0.717) is 11.3 Å². The van der Waals surface area contributed by atoms with Gasteiger partial charge in [-0.1, -0.05) is 29.0 Å². The highest BCUT2D eigenvalue weighted by atomic mass is 33.1. The lowest BCUT2D eigenvalue weighted by molar-refractivity contribution is -0.137. The summed E-state index contributed by atoms with van der Waals surface area (Å²) in [7, 11) is 4.51. The van der Waals surface area contributed by atoms with Crippen LogP contribution in [0, 0.1) is 11.3 Å². The third-order valence-corrected chi connectivity index (χ3v) is 4.33. The Hall–Kier alpha value is -0.840. The lowest BCUT2D eigenvalue weighted by Crippen LogP contribution is -2.07. The molecule has 0 fully saturated rings. The van der Waals surface area contributed by atoms with Gasteiger partial charge < -0.3 is 0 Å². The maximum atomic E-state index is 12.5. The highest BCUT2D eigenvalue weighted by Crippen LogP contribution is 2.32. The molecule has 1 aromatic rings. The number of nitriles is 1. The van der Waals surface area contributed by atoms with Gasteiger partial charge in [-0.15, -0.1) is 0 Å². The van der Waals surface area contributed by atoms with Crippen LogP contribution in [0.25, 0.3) is 0 Å². The van der Waals surface area contributed by atoms with Crippen molar-refractivity contribution in [1.82, 2.24) is 4.31 Å². The SMILES string of the molecule is CN(CC#N)SSCc1cccc(C(F)(F)F)c1. The van der Waals surface area contributed by atoms with Crippen LogP contribution < -0.4 is 0 Å². The van der Waals surface area contributed by atoms with E-state index in [1.807, 2.05) is 6.07 Å². The Kier molecular flexibility index (Phi) is 5.85. The molecule has 0 aliphatic rings. The van der Waals surface area contributed by atoms with Gasteiger partial charge in [-0.2, -0.15) is 18.4 Å². The van der Waals surface area contributed by atoms with Crippen LogP contribution in [0.15, 0.2) is 24.3 Å². The highest BCUT2D eigenvalue weighted by Gasteiger charge is 2.30. The summed E-state index contributed by atoms with van der Waals surface area (Å²) in [6.45, 7) is 0.278. The molecule has 0 bridgehead atoms. The number of nitrogens with zero attached hydrogens (tertiary/aromatic N) is 2. The minimum atomic E-state index is -4.30. The highest BCUT2D eigenvalue weighted by molar-refractivity contribution is 8.75. The molecular formula is C11H11F3N2S2. The molecule has 0 N–H and O–H groups in total. The Morgan fingerprint density at radius 3 is 2.72 bits per heavy atom. The number of alkyl halides is 3. The van der Waals surface area contributed by atoms with Crippen molar-refractivity contribution in [3.05, 3.63) is 35.4 Å². The second-order valence-electron chi connectivity index (χ2n) is 3.48. The van der Waals surface area contributed by atoms with E-state index in [0.717, 1.165) is 12.1 Å². The van der Waals surface area contributed by atoms with Crippen molar-refractivity contribution in [2.75, 3.05) is 13.6 Å². The molecule has 0 unspecified atom stereocenters. The van der Waals surface area contributed by atoms with Gasteiger partial charge in [0.05, 0.1) is 18.2 Å². The number of benzene rings is 1.